The zero-order chi connectivity index (χ0) is 22.8. The number of anilines is 2. The summed E-state index contributed by atoms with van der Waals surface area (Å²) in [6, 6.07) is 14.2. The van der Waals surface area contributed by atoms with E-state index in [0.717, 1.165) is 40.9 Å². The molecule has 0 unspecified atom stereocenters. The number of carbonyl (C=O) groups excluding carboxylic acids is 1. The average Bonchev–Trinajstić information content (AvgIpc) is 3.27. The third kappa shape index (κ3) is 4.24. The normalized spacial score (nSPS) is 14.0. The van der Waals surface area contributed by atoms with Crippen molar-refractivity contribution < 1.29 is 4.79 Å². The fraction of sp³-hybridized carbons (Fsp3) is 0.280. The van der Waals surface area contributed by atoms with Crippen LogP contribution in [0.1, 0.15) is 0 Å². The Labute approximate surface area is 193 Å². The van der Waals surface area contributed by atoms with Gasteiger partial charge in [0.1, 0.15) is 12.2 Å². The highest BCUT2D eigenvalue weighted by molar-refractivity contribution is 5.82. The Morgan fingerprint density at radius 2 is 1.70 bits per heavy atom. The van der Waals surface area contributed by atoms with E-state index in [1.165, 1.54) is 0 Å². The molecular weight excluding hydrogens is 414 g/mol. The summed E-state index contributed by atoms with van der Waals surface area (Å²) in [5, 5.41) is 1.05. The molecule has 5 rings (SSSR count). The van der Waals surface area contributed by atoms with Gasteiger partial charge < -0.3 is 19.3 Å². The number of benzene rings is 1. The molecule has 1 aliphatic heterocycles. The highest BCUT2D eigenvalue weighted by atomic mass is 16.2. The van der Waals surface area contributed by atoms with Crippen molar-refractivity contribution in [3.8, 4) is 11.1 Å². The maximum absolute atomic E-state index is 13.0. The predicted octanol–water partition coefficient (Wildman–Crippen LogP) is 2.91. The Morgan fingerprint density at radius 3 is 2.45 bits per heavy atom. The lowest BCUT2D eigenvalue weighted by Crippen LogP contribution is -2.49. The Kier molecular flexibility index (Phi) is 5.64. The van der Waals surface area contributed by atoms with Gasteiger partial charge in [0.15, 0.2) is 0 Å². The first kappa shape index (κ1) is 20.9. The van der Waals surface area contributed by atoms with E-state index in [1.54, 1.807) is 6.20 Å². The zero-order valence-corrected chi connectivity index (χ0v) is 18.9. The second-order valence-corrected chi connectivity index (χ2v) is 8.41. The lowest BCUT2D eigenvalue weighted by molar-refractivity contribution is -0.132. The standard InChI is InChI=1S/C25H27N7O/c1-29(2)25-27-16-20(17-28-25)21-7-3-4-8-22(21)30-12-14-31(15-13-30)23(33)18-32-11-9-19-6-5-10-26-24(19)32/h3-11,16-17H,12-15,18H2,1-2H3. The van der Waals surface area contributed by atoms with Gasteiger partial charge in [-0.3, -0.25) is 4.79 Å². The predicted molar refractivity (Wildman–Crippen MR) is 130 cm³/mol. The molecule has 0 bridgehead atoms. The van der Waals surface area contributed by atoms with Crippen molar-refractivity contribution in [3.63, 3.8) is 0 Å². The molecule has 8 nitrogen and oxygen atoms in total. The Bertz CT molecular complexity index is 1260. The molecule has 33 heavy (non-hydrogen) atoms. The van der Waals surface area contributed by atoms with E-state index in [-0.39, 0.29) is 5.91 Å². The van der Waals surface area contributed by atoms with Crippen molar-refractivity contribution in [2.75, 3.05) is 50.1 Å². The van der Waals surface area contributed by atoms with Crippen molar-refractivity contribution >= 4 is 28.6 Å². The minimum absolute atomic E-state index is 0.124. The Balaban J connectivity index is 1.27. The molecule has 1 amide bonds. The number of carbonyl (C=O) groups is 1. The van der Waals surface area contributed by atoms with Crippen LogP contribution in [-0.2, 0) is 11.3 Å². The SMILES string of the molecule is CN(C)c1ncc(-c2ccccc2N2CCN(C(=O)Cn3ccc4cccnc43)CC2)cn1. The van der Waals surface area contributed by atoms with Crippen LogP contribution in [0.2, 0.25) is 0 Å². The topological polar surface area (TPSA) is 70.4 Å². The van der Waals surface area contributed by atoms with Gasteiger partial charge in [-0.05, 0) is 24.3 Å². The van der Waals surface area contributed by atoms with Crippen LogP contribution in [0.5, 0.6) is 0 Å². The number of hydrogen-bond acceptors (Lipinski definition) is 6. The van der Waals surface area contributed by atoms with Gasteiger partial charge in [0.05, 0.1) is 0 Å². The first-order chi connectivity index (χ1) is 16.1. The summed E-state index contributed by atoms with van der Waals surface area (Å²) in [7, 11) is 3.86. The second kappa shape index (κ2) is 8.90. The second-order valence-electron chi connectivity index (χ2n) is 8.41. The number of aromatic nitrogens is 4. The lowest BCUT2D eigenvalue weighted by Gasteiger charge is -2.37. The van der Waals surface area contributed by atoms with Crippen LogP contribution >= 0.6 is 0 Å². The molecular formula is C25H27N7O. The maximum Gasteiger partial charge on any atom is 0.242 e. The highest BCUT2D eigenvalue weighted by Gasteiger charge is 2.23. The molecule has 1 aliphatic rings. The minimum Gasteiger partial charge on any atom is -0.367 e. The molecule has 0 saturated carbocycles. The van der Waals surface area contributed by atoms with E-state index < -0.39 is 0 Å². The summed E-state index contributed by atoms with van der Waals surface area (Å²) < 4.78 is 1.93. The van der Waals surface area contributed by atoms with Crippen LogP contribution < -0.4 is 9.80 Å². The van der Waals surface area contributed by atoms with Gasteiger partial charge >= 0.3 is 0 Å². The Hall–Kier alpha value is -3.94. The summed E-state index contributed by atoms with van der Waals surface area (Å²) in [5.41, 5.74) is 4.08. The summed E-state index contributed by atoms with van der Waals surface area (Å²) in [4.78, 5) is 32.5. The molecule has 3 aromatic heterocycles. The monoisotopic (exact) mass is 441 g/mol. The minimum atomic E-state index is 0.124. The molecule has 4 aromatic rings. The fourth-order valence-corrected chi connectivity index (χ4v) is 4.28. The van der Waals surface area contributed by atoms with Crippen molar-refractivity contribution in [3.05, 3.63) is 67.3 Å². The Morgan fingerprint density at radius 1 is 0.939 bits per heavy atom. The molecule has 1 saturated heterocycles. The summed E-state index contributed by atoms with van der Waals surface area (Å²) in [6.07, 6.45) is 7.44. The number of amides is 1. The van der Waals surface area contributed by atoms with Crippen molar-refractivity contribution in [2.24, 2.45) is 0 Å². The summed E-state index contributed by atoms with van der Waals surface area (Å²) in [5.74, 6) is 0.813. The number of fused-ring (bicyclic) bond motifs is 1. The van der Waals surface area contributed by atoms with Crippen molar-refractivity contribution in [2.45, 2.75) is 6.54 Å². The van der Waals surface area contributed by atoms with E-state index in [4.69, 9.17) is 0 Å². The van der Waals surface area contributed by atoms with Gasteiger partial charge in [0.2, 0.25) is 11.9 Å². The molecule has 0 radical (unpaired) electrons. The zero-order valence-electron chi connectivity index (χ0n) is 18.9. The van der Waals surface area contributed by atoms with Gasteiger partial charge in [-0.1, -0.05) is 18.2 Å². The summed E-state index contributed by atoms with van der Waals surface area (Å²) in [6.45, 7) is 3.26. The first-order valence-electron chi connectivity index (χ1n) is 11.1. The number of nitrogens with zero attached hydrogens (tertiary/aromatic N) is 7. The number of piperazine rings is 1. The van der Waals surface area contributed by atoms with Gasteiger partial charge in [-0.25, -0.2) is 15.0 Å². The largest absolute Gasteiger partial charge is 0.367 e. The van der Waals surface area contributed by atoms with E-state index in [0.29, 0.717) is 25.6 Å². The van der Waals surface area contributed by atoms with Crippen LogP contribution in [0.4, 0.5) is 11.6 Å². The van der Waals surface area contributed by atoms with Crippen LogP contribution in [0.25, 0.3) is 22.2 Å². The van der Waals surface area contributed by atoms with Crippen LogP contribution in [0.15, 0.2) is 67.3 Å². The fourth-order valence-electron chi connectivity index (χ4n) is 4.28. The number of pyridine rings is 1. The van der Waals surface area contributed by atoms with Gasteiger partial charge in [-0.15, -0.1) is 0 Å². The smallest absolute Gasteiger partial charge is 0.242 e. The molecule has 168 valence electrons. The molecule has 0 N–H and O–H groups in total. The van der Waals surface area contributed by atoms with Crippen LogP contribution in [0.3, 0.4) is 0 Å². The number of hydrogen-bond donors (Lipinski definition) is 0. The van der Waals surface area contributed by atoms with Crippen LogP contribution in [0, 0.1) is 0 Å². The van der Waals surface area contributed by atoms with E-state index in [2.05, 4.69) is 38.1 Å². The van der Waals surface area contributed by atoms with E-state index >= 15 is 0 Å². The number of rotatable bonds is 5. The van der Waals surface area contributed by atoms with E-state index in [1.807, 2.05) is 71.3 Å². The summed E-state index contributed by atoms with van der Waals surface area (Å²) >= 11 is 0. The van der Waals surface area contributed by atoms with Gasteiger partial charge in [0.25, 0.3) is 0 Å². The maximum atomic E-state index is 13.0. The molecule has 1 aromatic carbocycles. The average molecular weight is 442 g/mol. The molecule has 0 spiro atoms. The van der Waals surface area contributed by atoms with Crippen molar-refractivity contribution in [1.82, 2.24) is 24.4 Å². The molecule has 4 heterocycles. The van der Waals surface area contributed by atoms with E-state index in [9.17, 15) is 4.79 Å². The van der Waals surface area contributed by atoms with Crippen LogP contribution in [-0.4, -0.2) is 70.6 Å². The lowest BCUT2D eigenvalue weighted by atomic mass is 10.1. The molecule has 0 atom stereocenters. The highest BCUT2D eigenvalue weighted by Crippen LogP contribution is 2.31. The third-order valence-corrected chi connectivity index (χ3v) is 6.05. The first-order valence-corrected chi connectivity index (χ1v) is 11.1. The third-order valence-electron chi connectivity index (χ3n) is 6.05. The molecule has 8 heteroatoms. The van der Waals surface area contributed by atoms with Crippen molar-refractivity contribution in [1.29, 1.82) is 0 Å². The number of para-hydroxylation sites is 1. The molecule has 0 aliphatic carbocycles. The van der Waals surface area contributed by atoms with Gasteiger partial charge in [0, 0.05) is 87.3 Å². The quantitative estimate of drug-likeness (QED) is 0.474. The molecule has 1 fully saturated rings. The van der Waals surface area contributed by atoms with Gasteiger partial charge in [-0.2, -0.15) is 0 Å².